The Balaban J connectivity index is 1.95. The number of ether oxygens (including phenoxy) is 1. The van der Waals surface area contributed by atoms with Crippen LogP contribution in [0.4, 0.5) is 0 Å². The summed E-state index contributed by atoms with van der Waals surface area (Å²) in [5, 5.41) is 0. The van der Waals surface area contributed by atoms with Gasteiger partial charge in [0, 0.05) is 17.9 Å². The lowest BCUT2D eigenvalue weighted by Gasteiger charge is -2.18. The summed E-state index contributed by atoms with van der Waals surface area (Å²) in [4.78, 5) is 12.7. The van der Waals surface area contributed by atoms with Crippen LogP contribution in [-0.2, 0) is 0 Å². The number of carbonyl (C=O) groups is 1. The zero-order valence-electron chi connectivity index (χ0n) is 13.7. The average Bonchev–Trinajstić information content (AvgIpc) is 2.67. The average molecular weight is 316 g/mol. The Bertz CT molecular complexity index is 794. The Morgan fingerprint density at radius 3 is 2.12 bits per heavy atom. The highest BCUT2D eigenvalue weighted by Crippen LogP contribution is 2.31. The van der Waals surface area contributed by atoms with Crippen molar-refractivity contribution in [2.75, 3.05) is 7.11 Å². The Labute approximate surface area is 142 Å². The number of ketones is 1. The molecule has 2 nitrogen and oxygen atoms in total. The maximum Gasteiger partial charge on any atom is 0.163 e. The molecule has 1 atom stereocenters. The predicted molar refractivity (Wildman–Crippen MR) is 96.7 cm³/mol. The molecule has 0 saturated carbocycles. The van der Waals surface area contributed by atoms with Gasteiger partial charge in [-0.15, -0.1) is 0 Å². The van der Waals surface area contributed by atoms with E-state index in [0.29, 0.717) is 6.42 Å². The van der Waals surface area contributed by atoms with Gasteiger partial charge < -0.3 is 4.74 Å². The number of rotatable bonds is 6. The van der Waals surface area contributed by atoms with E-state index in [0.717, 1.165) is 22.4 Å². The van der Waals surface area contributed by atoms with Crippen LogP contribution in [0.2, 0.25) is 0 Å². The first-order valence-corrected chi connectivity index (χ1v) is 8.05. The molecule has 0 unspecified atom stereocenters. The van der Waals surface area contributed by atoms with Gasteiger partial charge in [-0.2, -0.15) is 0 Å². The minimum Gasteiger partial charge on any atom is -0.497 e. The fourth-order valence-corrected chi connectivity index (χ4v) is 2.90. The van der Waals surface area contributed by atoms with Crippen molar-refractivity contribution in [1.29, 1.82) is 0 Å². The number of Topliss-reactive ketones (excluding diaryl/α,β-unsaturated/α-hetero) is 1. The standard InChI is InChI=1S/C22H20O2/c1-24-20-14-8-13-19(15-20)21(17-9-4-2-5-10-17)16-22(23)18-11-6-3-7-12-18/h2-15,21H,16H2,1H3/t21-/m1/s1. The van der Waals surface area contributed by atoms with Crippen LogP contribution in [0.5, 0.6) is 5.75 Å². The van der Waals surface area contributed by atoms with Crippen LogP contribution in [0.15, 0.2) is 84.9 Å². The molecule has 3 aromatic rings. The van der Waals surface area contributed by atoms with Crippen LogP contribution in [0, 0.1) is 0 Å². The van der Waals surface area contributed by atoms with E-state index in [1.807, 2.05) is 66.7 Å². The van der Waals surface area contributed by atoms with Gasteiger partial charge >= 0.3 is 0 Å². The fraction of sp³-hybridized carbons (Fsp3) is 0.136. The largest absolute Gasteiger partial charge is 0.497 e. The topological polar surface area (TPSA) is 26.3 Å². The molecule has 0 bridgehead atoms. The highest BCUT2D eigenvalue weighted by Gasteiger charge is 2.19. The maximum atomic E-state index is 12.7. The molecule has 120 valence electrons. The summed E-state index contributed by atoms with van der Waals surface area (Å²) >= 11 is 0. The number of hydrogen-bond donors (Lipinski definition) is 0. The van der Waals surface area contributed by atoms with Gasteiger partial charge in [0.15, 0.2) is 5.78 Å². The molecule has 0 heterocycles. The Kier molecular flexibility index (Phi) is 5.07. The third-order valence-electron chi connectivity index (χ3n) is 4.18. The van der Waals surface area contributed by atoms with E-state index in [2.05, 4.69) is 18.2 Å². The first-order valence-electron chi connectivity index (χ1n) is 8.05. The molecule has 0 amide bonds. The second-order valence-corrected chi connectivity index (χ2v) is 5.73. The molecular weight excluding hydrogens is 296 g/mol. The molecule has 0 aromatic heterocycles. The normalized spacial score (nSPS) is 11.7. The lowest BCUT2D eigenvalue weighted by atomic mass is 9.86. The molecule has 0 aliphatic rings. The van der Waals surface area contributed by atoms with Crippen LogP contribution in [-0.4, -0.2) is 12.9 Å². The molecule has 3 rings (SSSR count). The summed E-state index contributed by atoms with van der Waals surface area (Å²) in [7, 11) is 1.66. The van der Waals surface area contributed by atoms with Gasteiger partial charge in [-0.1, -0.05) is 72.8 Å². The smallest absolute Gasteiger partial charge is 0.163 e. The van der Waals surface area contributed by atoms with Crippen molar-refractivity contribution in [2.24, 2.45) is 0 Å². The van der Waals surface area contributed by atoms with Crippen molar-refractivity contribution in [3.63, 3.8) is 0 Å². The van der Waals surface area contributed by atoms with Crippen molar-refractivity contribution < 1.29 is 9.53 Å². The summed E-state index contributed by atoms with van der Waals surface area (Å²) < 4.78 is 5.35. The maximum absolute atomic E-state index is 12.7. The molecule has 0 spiro atoms. The second kappa shape index (κ2) is 7.60. The molecule has 0 aliphatic carbocycles. The number of methoxy groups -OCH3 is 1. The van der Waals surface area contributed by atoms with E-state index >= 15 is 0 Å². The van der Waals surface area contributed by atoms with E-state index in [9.17, 15) is 4.79 Å². The van der Waals surface area contributed by atoms with Gasteiger partial charge in [-0.25, -0.2) is 0 Å². The van der Waals surface area contributed by atoms with Gasteiger partial charge in [0.25, 0.3) is 0 Å². The molecule has 0 aliphatic heterocycles. The molecule has 24 heavy (non-hydrogen) atoms. The molecule has 0 saturated heterocycles. The molecule has 0 fully saturated rings. The summed E-state index contributed by atoms with van der Waals surface area (Å²) in [6.07, 6.45) is 0.432. The minimum atomic E-state index is 0.00834. The van der Waals surface area contributed by atoms with E-state index < -0.39 is 0 Å². The molecule has 0 radical (unpaired) electrons. The van der Waals surface area contributed by atoms with Crippen molar-refractivity contribution in [2.45, 2.75) is 12.3 Å². The van der Waals surface area contributed by atoms with Crippen molar-refractivity contribution in [1.82, 2.24) is 0 Å². The van der Waals surface area contributed by atoms with Crippen LogP contribution >= 0.6 is 0 Å². The molecule has 0 N–H and O–H groups in total. The molecule has 3 aromatic carbocycles. The lowest BCUT2D eigenvalue weighted by molar-refractivity contribution is 0.0977. The Morgan fingerprint density at radius 1 is 0.833 bits per heavy atom. The fourth-order valence-electron chi connectivity index (χ4n) is 2.90. The highest BCUT2D eigenvalue weighted by molar-refractivity contribution is 5.96. The van der Waals surface area contributed by atoms with E-state index in [1.54, 1.807) is 7.11 Å². The van der Waals surface area contributed by atoms with Gasteiger partial charge in [-0.3, -0.25) is 4.79 Å². The number of benzene rings is 3. The van der Waals surface area contributed by atoms with Crippen LogP contribution in [0.1, 0.15) is 33.8 Å². The quantitative estimate of drug-likeness (QED) is 0.591. The second-order valence-electron chi connectivity index (χ2n) is 5.73. The van der Waals surface area contributed by atoms with Crippen LogP contribution in [0.3, 0.4) is 0 Å². The Hall–Kier alpha value is -2.87. The first kappa shape index (κ1) is 16.0. The zero-order valence-corrected chi connectivity index (χ0v) is 13.7. The predicted octanol–water partition coefficient (Wildman–Crippen LogP) is 5.10. The van der Waals surface area contributed by atoms with E-state index in [-0.39, 0.29) is 11.7 Å². The van der Waals surface area contributed by atoms with Gasteiger partial charge in [0.05, 0.1) is 7.11 Å². The van der Waals surface area contributed by atoms with Crippen molar-refractivity contribution >= 4 is 5.78 Å². The third-order valence-corrected chi connectivity index (χ3v) is 4.18. The van der Waals surface area contributed by atoms with Crippen molar-refractivity contribution in [3.05, 3.63) is 102 Å². The third kappa shape index (κ3) is 3.72. The monoisotopic (exact) mass is 316 g/mol. The van der Waals surface area contributed by atoms with Crippen molar-refractivity contribution in [3.8, 4) is 5.75 Å². The van der Waals surface area contributed by atoms with Gasteiger partial charge in [-0.05, 0) is 23.3 Å². The summed E-state index contributed by atoms with van der Waals surface area (Å²) in [5.74, 6) is 0.960. The van der Waals surface area contributed by atoms with E-state index in [1.165, 1.54) is 0 Å². The molecular formula is C22H20O2. The number of hydrogen-bond acceptors (Lipinski definition) is 2. The minimum absolute atomic E-state index is 0.00834. The SMILES string of the molecule is COc1cccc([C@H](CC(=O)c2ccccc2)c2ccccc2)c1. The molecule has 2 heteroatoms. The first-order chi connectivity index (χ1) is 11.8. The lowest BCUT2D eigenvalue weighted by Crippen LogP contribution is -2.09. The zero-order chi connectivity index (χ0) is 16.8. The summed E-state index contributed by atoms with van der Waals surface area (Å²) in [5.41, 5.74) is 2.97. The van der Waals surface area contributed by atoms with Crippen LogP contribution < -0.4 is 4.74 Å². The van der Waals surface area contributed by atoms with E-state index in [4.69, 9.17) is 4.74 Å². The van der Waals surface area contributed by atoms with Gasteiger partial charge in [0.1, 0.15) is 5.75 Å². The summed E-state index contributed by atoms with van der Waals surface area (Å²) in [6.45, 7) is 0. The van der Waals surface area contributed by atoms with Crippen LogP contribution in [0.25, 0.3) is 0 Å². The number of carbonyl (C=O) groups excluding carboxylic acids is 1. The summed E-state index contributed by atoms with van der Waals surface area (Å²) in [6, 6.07) is 27.6. The van der Waals surface area contributed by atoms with Gasteiger partial charge in [0.2, 0.25) is 0 Å². The highest BCUT2D eigenvalue weighted by atomic mass is 16.5. The Morgan fingerprint density at radius 2 is 1.46 bits per heavy atom.